The van der Waals surface area contributed by atoms with Gasteiger partial charge in [-0.25, -0.2) is 13.1 Å². The van der Waals surface area contributed by atoms with Gasteiger partial charge in [-0.1, -0.05) is 60.7 Å². The molecule has 2 N–H and O–H groups in total. The van der Waals surface area contributed by atoms with Gasteiger partial charge in [-0.05, 0) is 112 Å². The maximum Gasteiger partial charge on any atom is 0.264 e. The largest absolute Gasteiger partial charge is 0.456 e. The van der Waals surface area contributed by atoms with Crippen LogP contribution in [0.5, 0.6) is 0 Å². The van der Waals surface area contributed by atoms with Crippen molar-refractivity contribution in [2.24, 2.45) is 0 Å². The van der Waals surface area contributed by atoms with Crippen molar-refractivity contribution in [3.63, 3.8) is 0 Å². The lowest BCUT2D eigenvalue weighted by atomic mass is 10.0. The van der Waals surface area contributed by atoms with E-state index in [9.17, 15) is 13.2 Å². The van der Waals surface area contributed by atoms with Gasteiger partial charge in [0.05, 0.1) is 4.90 Å². The van der Waals surface area contributed by atoms with E-state index in [2.05, 4.69) is 87.4 Å². The first kappa shape index (κ1) is 39.2. The predicted molar refractivity (Wildman–Crippen MR) is 229 cm³/mol. The topological polar surface area (TPSA) is 98.1 Å². The fraction of sp³-hybridized carbons (Fsp3) is 0.267. The van der Waals surface area contributed by atoms with Crippen LogP contribution in [0.4, 0.5) is 11.4 Å². The molecule has 1 aliphatic rings. The van der Waals surface area contributed by atoms with Gasteiger partial charge >= 0.3 is 0 Å². The van der Waals surface area contributed by atoms with Crippen LogP contribution in [0.25, 0.3) is 22.3 Å². The zero-order valence-electron chi connectivity index (χ0n) is 32.1. The maximum atomic E-state index is 13.4. The number of hydrogen-bond donors (Lipinski definition) is 2. The molecule has 290 valence electrons. The summed E-state index contributed by atoms with van der Waals surface area (Å²) in [5, 5.41) is 4.73. The van der Waals surface area contributed by atoms with Gasteiger partial charge in [-0.2, -0.15) is 0 Å². The minimum absolute atomic E-state index is 0.0482. The molecule has 0 unspecified atom stereocenters. The highest BCUT2D eigenvalue weighted by atomic mass is 32.2. The predicted octanol–water partition coefficient (Wildman–Crippen LogP) is 8.37. The molecule has 2 heterocycles. The van der Waals surface area contributed by atoms with Crippen molar-refractivity contribution in [2.75, 3.05) is 62.8 Å². The number of aryl methyl sites for hydroxylation is 1. The molecule has 9 nitrogen and oxygen atoms in total. The summed E-state index contributed by atoms with van der Waals surface area (Å²) in [6.45, 7) is 7.05. The van der Waals surface area contributed by atoms with Crippen molar-refractivity contribution in [1.29, 1.82) is 0 Å². The Labute approximate surface area is 334 Å². The van der Waals surface area contributed by atoms with E-state index in [-0.39, 0.29) is 16.5 Å². The average Bonchev–Trinajstić information content (AvgIpc) is 3.65. The maximum absolute atomic E-state index is 13.4. The van der Waals surface area contributed by atoms with Gasteiger partial charge in [-0.15, -0.1) is 11.8 Å². The van der Waals surface area contributed by atoms with Gasteiger partial charge in [0.1, 0.15) is 11.3 Å². The van der Waals surface area contributed by atoms with Crippen LogP contribution >= 0.6 is 11.8 Å². The highest BCUT2D eigenvalue weighted by Gasteiger charge is 2.23. The summed E-state index contributed by atoms with van der Waals surface area (Å²) >= 11 is 1.79. The molecule has 7 rings (SSSR count). The number of sulfonamides is 1. The average molecular weight is 788 g/mol. The summed E-state index contributed by atoms with van der Waals surface area (Å²) in [6.07, 6.45) is 0.928. The number of carbonyl (C=O) groups is 1. The first-order valence-corrected chi connectivity index (χ1v) is 21.5. The molecule has 0 spiro atoms. The van der Waals surface area contributed by atoms with Crippen molar-refractivity contribution in [3.05, 3.63) is 144 Å². The van der Waals surface area contributed by atoms with Gasteiger partial charge < -0.3 is 19.5 Å². The SMILES string of the molecule is Cc1cc(S(=O)(=O)NC(=O)c2ccc(N3CCN(Cc4ccccc4-c4cc5ccccc5o4)CC3)cc2)ccc1N[C@H](CCN(C)C)CSc1ccccc1. The summed E-state index contributed by atoms with van der Waals surface area (Å²) in [7, 11) is 0.0254. The fourth-order valence-corrected chi connectivity index (χ4v) is 9.04. The molecule has 1 saturated heterocycles. The minimum Gasteiger partial charge on any atom is -0.456 e. The van der Waals surface area contributed by atoms with E-state index in [4.69, 9.17) is 4.42 Å². The van der Waals surface area contributed by atoms with Gasteiger partial charge in [0.2, 0.25) is 0 Å². The molecule has 1 atom stereocenters. The lowest BCUT2D eigenvalue weighted by molar-refractivity contribution is 0.0981. The molecule has 0 aliphatic carbocycles. The number of amides is 1. The number of rotatable bonds is 15. The molecule has 6 aromatic rings. The summed E-state index contributed by atoms with van der Waals surface area (Å²) in [6, 6.07) is 41.2. The fourth-order valence-electron chi connectivity index (χ4n) is 6.99. The van der Waals surface area contributed by atoms with Crippen molar-refractivity contribution >= 4 is 50.0 Å². The third-order valence-corrected chi connectivity index (χ3v) is 12.7. The molecule has 0 bridgehead atoms. The first-order valence-electron chi connectivity index (χ1n) is 19.0. The molecule has 0 radical (unpaired) electrons. The van der Waals surface area contributed by atoms with Gasteiger partial charge in [0.15, 0.2) is 0 Å². The van der Waals surface area contributed by atoms with E-state index in [1.54, 1.807) is 42.1 Å². The second kappa shape index (κ2) is 17.8. The van der Waals surface area contributed by atoms with Crippen LogP contribution in [-0.4, -0.2) is 82.7 Å². The number of piperazine rings is 1. The van der Waals surface area contributed by atoms with Gasteiger partial charge in [-0.3, -0.25) is 9.69 Å². The Bertz CT molecular complexity index is 2320. The number of benzene rings is 5. The number of nitrogens with one attached hydrogen (secondary N) is 2. The molecule has 0 saturated carbocycles. The Hall–Kier alpha value is -5.07. The molecule has 1 fully saturated rings. The van der Waals surface area contributed by atoms with Crippen LogP contribution in [0.2, 0.25) is 0 Å². The molecule has 1 aromatic heterocycles. The number of para-hydroxylation sites is 1. The molecular weight excluding hydrogens is 739 g/mol. The van der Waals surface area contributed by atoms with Crippen molar-refractivity contribution in [2.45, 2.75) is 35.7 Å². The van der Waals surface area contributed by atoms with Gasteiger partial charge in [0.25, 0.3) is 15.9 Å². The van der Waals surface area contributed by atoms with Crippen LogP contribution < -0.4 is 14.9 Å². The minimum atomic E-state index is -4.09. The van der Waals surface area contributed by atoms with Crippen LogP contribution in [0, 0.1) is 6.92 Å². The first-order chi connectivity index (χ1) is 27.1. The van der Waals surface area contributed by atoms with Crippen LogP contribution in [0.3, 0.4) is 0 Å². The molecule has 11 heteroatoms. The lowest BCUT2D eigenvalue weighted by Crippen LogP contribution is -2.46. The molecular formula is C45H49N5O4S2. The Balaban J connectivity index is 0.928. The summed E-state index contributed by atoms with van der Waals surface area (Å²) in [5.41, 5.74) is 6.17. The van der Waals surface area contributed by atoms with Crippen molar-refractivity contribution < 1.29 is 17.6 Å². The Morgan fingerprint density at radius 2 is 1.55 bits per heavy atom. The van der Waals surface area contributed by atoms with E-state index in [1.807, 2.05) is 55.5 Å². The third-order valence-electron chi connectivity index (χ3n) is 10.2. The number of carbonyl (C=O) groups excluding carboxylic acids is 1. The number of nitrogens with zero attached hydrogens (tertiary/aromatic N) is 3. The van der Waals surface area contributed by atoms with Gasteiger partial charge in [0, 0.05) is 77.3 Å². The van der Waals surface area contributed by atoms with E-state index < -0.39 is 15.9 Å². The second-order valence-electron chi connectivity index (χ2n) is 14.6. The highest BCUT2D eigenvalue weighted by molar-refractivity contribution is 7.99. The second-order valence-corrected chi connectivity index (χ2v) is 17.4. The Morgan fingerprint density at radius 1 is 0.839 bits per heavy atom. The lowest BCUT2D eigenvalue weighted by Gasteiger charge is -2.36. The third kappa shape index (κ3) is 9.83. The van der Waals surface area contributed by atoms with Crippen LogP contribution in [-0.2, 0) is 16.6 Å². The number of hydrogen-bond acceptors (Lipinski definition) is 9. The summed E-state index contributed by atoms with van der Waals surface area (Å²) in [5.74, 6) is 1.08. The monoisotopic (exact) mass is 787 g/mol. The smallest absolute Gasteiger partial charge is 0.264 e. The van der Waals surface area contributed by atoms with E-state index >= 15 is 0 Å². The molecule has 1 amide bonds. The number of fused-ring (bicyclic) bond motifs is 1. The van der Waals surface area contributed by atoms with E-state index in [0.29, 0.717) is 0 Å². The summed E-state index contributed by atoms with van der Waals surface area (Å²) in [4.78, 5) is 21.4. The summed E-state index contributed by atoms with van der Waals surface area (Å²) < 4.78 is 35.2. The standard InChI is InChI=1S/C45H49N5O4S2/c1-33-29-40(21-22-42(33)46-37(23-24-48(2)3)32-55-39-13-5-4-6-14-39)56(52,53)47-45(51)34-17-19-38(20-18-34)50-27-25-49(26-28-50)31-36-12-7-9-15-41(36)44-30-35-11-8-10-16-43(35)54-44/h4-22,29-30,37,46H,23-28,31-32H2,1-3H3,(H,47,51)/t37-/m1/s1. The zero-order valence-corrected chi connectivity index (χ0v) is 33.8. The normalized spacial score (nSPS) is 14.2. The Kier molecular flexibility index (Phi) is 12.5. The van der Waals surface area contributed by atoms with E-state index in [0.717, 1.165) is 90.7 Å². The number of furan rings is 1. The van der Waals surface area contributed by atoms with Crippen LogP contribution in [0.15, 0.2) is 142 Å². The van der Waals surface area contributed by atoms with Crippen molar-refractivity contribution in [1.82, 2.24) is 14.5 Å². The molecule has 56 heavy (non-hydrogen) atoms. The van der Waals surface area contributed by atoms with E-state index in [1.165, 1.54) is 10.5 Å². The highest BCUT2D eigenvalue weighted by Crippen LogP contribution is 2.31. The molecule has 5 aromatic carbocycles. The quantitative estimate of drug-likeness (QED) is 0.0996. The zero-order chi connectivity index (χ0) is 39.1. The number of anilines is 2. The number of thioether (sulfide) groups is 1. The van der Waals surface area contributed by atoms with Crippen LogP contribution in [0.1, 0.15) is 27.9 Å². The van der Waals surface area contributed by atoms with Crippen molar-refractivity contribution in [3.8, 4) is 11.3 Å². The Morgan fingerprint density at radius 3 is 2.29 bits per heavy atom. The molecule has 1 aliphatic heterocycles.